The molecule has 2 N–H and O–H groups in total. The Hall–Kier alpha value is -3.56. The number of hydrogen-bond donors (Lipinski definition) is 2. The number of carbonyl (C=O) groups excluding carboxylic acids is 1. The minimum absolute atomic E-state index is 0.246. The number of benzene rings is 1. The van der Waals surface area contributed by atoms with Crippen LogP contribution in [-0.2, 0) is 4.79 Å². The fourth-order valence-corrected chi connectivity index (χ4v) is 3.74. The second-order valence-electron chi connectivity index (χ2n) is 7.71. The molecule has 154 valence electrons. The van der Waals surface area contributed by atoms with Crippen LogP contribution < -0.4 is 10.2 Å². The second kappa shape index (κ2) is 6.48. The first kappa shape index (κ1) is 18.5. The van der Waals surface area contributed by atoms with Crippen molar-refractivity contribution in [2.75, 3.05) is 24.3 Å². The van der Waals surface area contributed by atoms with Gasteiger partial charge < -0.3 is 10.2 Å². The average molecular weight is 411 g/mol. The van der Waals surface area contributed by atoms with Gasteiger partial charge >= 0.3 is 0 Å². The van der Waals surface area contributed by atoms with Crippen LogP contribution in [0.5, 0.6) is 0 Å². The van der Waals surface area contributed by atoms with Gasteiger partial charge in [0.2, 0.25) is 5.91 Å². The SMILES string of the molecule is Cc1c(F)c(N(C)C)c2[nH]ncc2c1-c1ccc2nc(NC(=O)C3CC3F)cn2n1. The maximum atomic E-state index is 15.2. The number of H-pyrrole nitrogens is 1. The summed E-state index contributed by atoms with van der Waals surface area (Å²) in [6.07, 6.45) is 2.38. The van der Waals surface area contributed by atoms with Gasteiger partial charge in [-0.05, 0) is 31.0 Å². The number of aromatic nitrogens is 5. The van der Waals surface area contributed by atoms with Crippen LogP contribution >= 0.6 is 0 Å². The van der Waals surface area contributed by atoms with E-state index in [1.165, 1.54) is 4.52 Å². The molecule has 3 aromatic heterocycles. The highest BCUT2D eigenvalue weighted by Crippen LogP contribution is 2.38. The summed E-state index contributed by atoms with van der Waals surface area (Å²) in [7, 11) is 3.55. The van der Waals surface area contributed by atoms with Crippen molar-refractivity contribution in [1.82, 2.24) is 24.8 Å². The summed E-state index contributed by atoms with van der Waals surface area (Å²) in [6, 6.07) is 3.48. The van der Waals surface area contributed by atoms with Gasteiger partial charge in [0.05, 0.1) is 35.2 Å². The van der Waals surface area contributed by atoms with Gasteiger partial charge in [0.15, 0.2) is 17.3 Å². The summed E-state index contributed by atoms with van der Waals surface area (Å²) in [5.41, 5.74) is 3.15. The highest BCUT2D eigenvalue weighted by atomic mass is 19.1. The Labute approximate surface area is 169 Å². The third-order valence-electron chi connectivity index (χ3n) is 5.38. The van der Waals surface area contributed by atoms with Gasteiger partial charge in [0.25, 0.3) is 0 Å². The van der Waals surface area contributed by atoms with Crippen molar-refractivity contribution in [2.24, 2.45) is 5.92 Å². The lowest BCUT2D eigenvalue weighted by atomic mass is 9.98. The van der Waals surface area contributed by atoms with Crippen LogP contribution in [0.1, 0.15) is 12.0 Å². The normalized spacial score (nSPS) is 18.2. The van der Waals surface area contributed by atoms with Crippen molar-refractivity contribution >= 4 is 34.0 Å². The number of aromatic amines is 1. The molecule has 0 radical (unpaired) electrons. The van der Waals surface area contributed by atoms with Crippen LogP contribution in [0.3, 0.4) is 0 Å². The molecule has 1 aliphatic carbocycles. The zero-order valence-electron chi connectivity index (χ0n) is 16.6. The Morgan fingerprint density at radius 2 is 2.13 bits per heavy atom. The molecule has 3 heterocycles. The smallest absolute Gasteiger partial charge is 0.231 e. The van der Waals surface area contributed by atoms with E-state index in [0.717, 1.165) is 5.39 Å². The number of rotatable bonds is 4. The number of anilines is 2. The monoisotopic (exact) mass is 411 g/mol. The summed E-state index contributed by atoms with van der Waals surface area (Å²) >= 11 is 0. The largest absolute Gasteiger partial charge is 0.374 e. The lowest BCUT2D eigenvalue weighted by Crippen LogP contribution is -2.15. The number of carbonyl (C=O) groups is 1. The lowest BCUT2D eigenvalue weighted by molar-refractivity contribution is -0.117. The van der Waals surface area contributed by atoms with E-state index in [-0.39, 0.29) is 18.1 Å². The topological polar surface area (TPSA) is 91.2 Å². The van der Waals surface area contributed by atoms with E-state index in [9.17, 15) is 9.18 Å². The summed E-state index contributed by atoms with van der Waals surface area (Å²) in [6.45, 7) is 1.71. The minimum atomic E-state index is -1.08. The predicted octanol–water partition coefficient (Wildman–Crippen LogP) is 3.08. The van der Waals surface area contributed by atoms with Crippen molar-refractivity contribution in [3.8, 4) is 11.3 Å². The highest BCUT2D eigenvalue weighted by molar-refractivity contribution is 6.02. The number of nitrogens with one attached hydrogen (secondary N) is 2. The van der Waals surface area contributed by atoms with E-state index in [1.54, 1.807) is 50.4 Å². The fraction of sp³-hybridized carbons (Fsp3) is 0.300. The molecule has 1 amide bonds. The molecule has 2 atom stereocenters. The van der Waals surface area contributed by atoms with Crippen LogP contribution in [0.4, 0.5) is 20.3 Å². The van der Waals surface area contributed by atoms with Gasteiger partial charge in [-0.25, -0.2) is 18.3 Å². The quantitative estimate of drug-likeness (QED) is 0.539. The first-order valence-corrected chi connectivity index (χ1v) is 9.49. The van der Waals surface area contributed by atoms with Crippen LogP contribution in [0, 0.1) is 18.7 Å². The summed E-state index contributed by atoms with van der Waals surface area (Å²) in [5.74, 6) is -1.04. The van der Waals surface area contributed by atoms with Crippen LogP contribution in [0.2, 0.25) is 0 Å². The average Bonchev–Trinajstić information content (AvgIpc) is 3.08. The first-order valence-electron chi connectivity index (χ1n) is 9.49. The number of alkyl halides is 1. The molecular weight excluding hydrogens is 392 g/mol. The third kappa shape index (κ3) is 2.78. The zero-order valence-corrected chi connectivity index (χ0v) is 16.6. The van der Waals surface area contributed by atoms with E-state index < -0.39 is 12.1 Å². The van der Waals surface area contributed by atoms with E-state index in [4.69, 9.17) is 0 Å². The Balaban J connectivity index is 1.59. The van der Waals surface area contributed by atoms with Crippen molar-refractivity contribution in [1.29, 1.82) is 0 Å². The fourth-order valence-electron chi connectivity index (χ4n) is 3.74. The van der Waals surface area contributed by atoms with Crippen molar-refractivity contribution in [3.05, 3.63) is 35.9 Å². The van der Waals surface area contributed by atoms with E-state index >= 15 is 4.39 Å². The van der Waals surface area contributed by atoms with Crippen molar-refractivity contribution in [2.45, 2.75) is 19.5 Å². The van der Waals surface area contributed by atoms with Crippen LogP contribution in [0.15, 0.2) is 24.5 Å². The van der Waals surface area contributed by atoms with Gasteiger partial charge in [-0.3, -0.25) is 9.89 Å². The molecule has 0 bridgehead atoms. The molecule has 10 heteroatoms. The lowest BCUT2D eigenvalue weighted by Gasteiger charge is -2.18. The molecule has 0 saturated heterocycles. The maximum Gasteiger partial charge on any atom is 0.231 e. The highest BCUT2D eigenvalue weighted by Gasteiger charge is 2.43. The van der Waals surface area contributed by atoms with Crippen LogP contribution in [-0.4, -0.2) is 51.0 Å². The van der Waals surface area contributed by atoms with Gasteiger partial charge in [0, 0.05) is 25.0 Å². The molecule has 1 aliphatic rings. The van der Waals surface area contributed by atoms with E-state index in [1.807, 2.05) is 0 Å². The standard InChI is InChI=1S/C20H19F2N7O/c1-9-16(11-7-23-26-18(11)19(17(9)22)28(2)3)13-4-5-15-24-14(8-29(15)27-13)25-20(30)10-6-12(10)21/h4-5,7-8,10,12H,6H2,1-3H3,(H,23,26)(H,25,30). The zero-order chi connectivity index (χ0) is 21.2. The van der Waals surface area contributed by atoms with E-state index in [2.05, 4.69) is 25.6 Å². The van der Waals surface area contributed by atoms with Gasteiger partial charge in [0.1, 0.15) is 6.17 Å². The number of nitrogens with zero attached hydrogens (tertiary/aromatic N) is 5. The van der Waals surface area contributed by atoms with E-state index in [0.29, 0.717) is 39.5 Å². The molecule has 0 aliphatic heterocycles. The molecule has 1 aromatic carbocycles. The minimum Gasteiger partial charge on any atom is -0.374 e. The molecule has 5 rings (SSSR count). The molecule has 30 heavy (non-hydrogen) atoms. The summed E-state index contributed by atoms with van der Waals surface area (Å²) < 4.78 is 29.8. The Kier molecular flexibility index (Phi) is 3.99. The molecule has 4 aromatic rings. The molecule has 0 spiro atoms. The number of amides is 1. The number of fused-ring (bicyclic) bond motifs is 2. The second-order valence-corrected chi connectivity index (χ2v) is 7.71. The van der Waals surface area contributed by atoms with Gasteiger partial charge in [-0.15, -0.1) is 0 Å². The Morgan fingerprint density at radius 3 is 2.83 bits per heavy atom. The third-order valence-corrected chi connectivity index (χ3v) is 5.38. The molecule has 2 unspecified atom stereocenters. The van der Waals surface area contributed by atoms with Gasteiger partial charge in [-0.1, -0.05) is 0 Å². The molecule has 8 nitrogen and oxygen atoms in total. The number of hydrogen-bond acceptors (Lipinski definition) is 5. The molecule has 1 fully saturated rings. The number of halogens is 2. The van der Waals surface area contributed by atoms with Gasteiger partial charge in [-0.2, -0.15) is 10.2 Å². The molecular formula is C20H19F2N7O. The maximum absolute atomic E-state index is 15.2. The Bertz CT molecular complexity index is 1310. The Morgan fingerprint density at radius 1 is 1.37 bits per heavy atom. The van der Waals surface area contributed by atoms with Crippen LogP contribution in [0.25, 0.3) is 27.8 Å². The summed E-state index contributed by atoms with van der Waals surface area (Å²) in [5, 5.41) is 14.9. The first-order chi connectivity index (χ1) is 14.3. The number of imidazole rings is 1. The summed E-state index contributed by atoms with van der Waals surface area (Å²) in [4.78, 5) is 18.0. The molecule has 1 saturated carbocycles. The van der Waals surface area contributed by atoms with Crippen molar-refractivity contribution in [3.63, 3.8) is 0 Å². The van der Waals surface area contributed by atoms with Crippen molar-refractivity contribution < 1.29 is 13.6 Å². The predicted molar refractivity (Wildman–Crippen MR) is 109 cm³/mol.